The fraction of sp³-hybridized carbons (Fsp3) is 0.273. The number of likely N-dealkylation sites (N-methyl/N-ethyl adjacent to an activating group) is 1. The summed E-state index contributed by atoms with van der Waals surface area (Å²) in [6, 6.07) is 6.74. The minimum Gasteiger partial charge on any atom is -0.327 e. The van der Waals surface area contributed by atoms with Gasteiger partial charge >= 0.3 is 6.03 Å². The number of urea groups is 1. The molecule has 17 heavy (non-hydrogen) atoms. The van der Waals surface area contributed by atoms with Crippen molar-refractivity contribution in [2.75, 3.05) is 13.6 Å². The van der Waals surface area contributed by atoms with Crippen molar-refractivity contribution in [3.63, 3.8) is 0 Å². The SMILES string of the molecule is CN1C(=O)NC(CN)(c2ccc(Br)cc2)C1=O. The third-order valence-electron chi connectivity index (χ3n) is 2.94. The highest BCUT2D eigenvalue weighted by Crippen LogP contribution is 2.28. The summed E-state index contributed by atoms with van der Waals surface area (Å²) >= 11 is 3.32. The normalized spacial score (nSPS) is 24.1. The molecule has 1 atom stereocenters. The van der Waals surface area contributed by atoms with E-state index in [1.807, 2.05) is 12.1 Å². The molecule has 1 saturated heterocycles. The molecule has 5 nitrogen and oxygen atoms in total. The van der Waals surface area contributed by atoms with Crippen LogP contribution in [0.15, 0.2) is 28.7 Å². The Bertz CT molecular complexity index is 474. The van der Waals surface area contributed by atoms with Gasteiger partial charge in [-0.25, -0.2) is 4.79 Å². The Kier molecular flexibility index (Phi) is 2.92. The lowest BCUT2D eigenvalue weighted by atomic mass is 9.90. The van der Waals surface area contributed by atoms with Gasteiger partial charge in [0.15, 0.2) is 5.54 Å². The number of imide groups is 1. The van der Waals surface area contributed by atoms with E-state index in [1.54, 1.807) is 12.1 Å². The first-order chi connectivity index (χ1) is 8.01. The Balaban J connectivity index is 2.49. The van der Waals surface area contributed by atoms with Crippen LogP contribution in [-0.2, 0) is 10.3 Å². The Hall–Kier alpha value is -1.40. The molecule has 0 saturated carbocycles. The van der Waals surface area contributed by atoms with Gasteiger partial charge in [0, 0.05) is 18.1 Å². The van der Waals surface area contributed by atoms with Crippen molar-refractivity contribution in [3.8, 4) is 0 Å². The maximum absolute atomic E-state index is 12.1. The molecule has 2 rings (SSSR count). The molecule has 1 fully saturated rings. The van der Waals surface area contributed by atoms with Crippen LogP contribution < -0.4 is 11.1 Å². The van der Waals surface area contributed by atoms with E-state index < -0.39 is 11.6 Å². The van der Waals surface area contributed by atoms with Crippen molar-refractivity contribution in [3.05, 3.63) is 34.3 Å². The Morgan fingerprint density at radius 3 is 2.35 bits per heavy atom. The number of rotatable bonds is 2. The monoisotopic (exact) mass is 297 g/mol. The summed E-state index contributed by atoms with van der Waals surface area (Å²) in [6.07, 6.45) is 0. The van der Waals surface area contributed by atoms with E-state index in [2.05, 4.69) is 21.2 Å². The van der Waals surface area contributed by atoms with E-state index in [-0.39, 0.29) is 12.5 Å². The quantitative estimate of drug-likeness (QED) is 0.792. The van der Waals surface area contributed by atoms with Gasteiger partial charge in [-0.15, -0.1) is 0 Å². The Morgan fingerprint density at radius 2 is 1.94 bits per heavy atom. The van der Waals surface area contributed by atoms with E-state index in [1.165, 1.54) is 7.05 Å². The minimum absolute atomic E-state index is 0.0313. The molecule has 3 N–H and O–H groups in total. The van der Waals surface area contributed by atoms with Crippen molar-refractivity contribution in [2.45, 2.75) is 5.54 Å². The van der Waals surface area contributed by atoms with Crippen LogP contribution in [0.4, 0.5) is 4.79 Å². The largest absolute Gasteiger partial charge is 0.327 e. The van der Waals surface area contributed by atoms with Crippen LogP contribution in [0.2, 0.25) is 0 Å². The first kappa shape index (κ1) is 12.1. The lowest BCUT2D eigenvalue weighted by Gasteiger charge is -2.25. The van der Waals surface area contributed by atoms with Crippen LogP contribution in [0.3, 0.4) is 0 Å². The second kappa shape index (κ2) is 4.12. The van der Waals surface area contributed by atoms with Crippen molar-refractivity contribution >= 4 is 27.9 Å². The lowest BCUT2D eigenvalue weighted by molar-refractivity contribution is -0.130. The van der Waals surface area contributed by atoms with Gasteiger partial charge in [0.25, 0.3) is 5.91 Å². The van der Waals surface area contributed by atoms with Crippen LogP contribution in [0.5, 0.6) is 0 Å². The van der Waals surface area contributed by atoms with E-state index in [9.17, 15) is 9.59 Å². The summed E-state index contributed by atoms with van der Waals surface area (Å²) in [7, 11) is 1.44. The summed E-state index contributed by atoms with van der Waals surface area (Å²) in [5.74, 6) is -0.327. The van der Waals surface area contributed by atoms with Gasteiger partial charge in [0.2, 0.25) is 0 Å². The summed E-state index contributed by atoms with van der Waals surface area (Å²) < 4.78 is 0.901. The summed E-state index contributed by atoms with van der Waals surface area (Å²) in [5.41, 5.74) is 5.23. The summed E-state index contributed by atoms with van der Waals surface area (Å²) in [5, 5.41) is 2.65. The molecule has 0 spiro atoms. The predicted octanol–water partition coefficient (Wildman–Crippen LogP) is 0.785. The average Bonchev–Trinajstić information content (AvgIpc) is 2.55. The molecule has 3 amide bonds. The number of amides is 3. The molecule has 1 aliphatic rings. The molecule has 1 unspecified atom stereocenters. The standard InChI is InChI=1S/C11H12BrN3O2/c1-15-9(16)11(6-13,14-10(15)17)7-2-4-8(12)5-3-7/h2-5H,6,13H2,1H3,(H,14,17). The Labute approximate surface area is 107 Å². The van der Waals surface area contributed by atoms with Crippen LogP contribution in [0, 0.1) is 0 Å². The summed E-state index contributed by atoms with van der Waals surface area (Å²) in [6.45, 7) is 0.0313. The highest BCUT2D eigenvalue weighted by molar-refractivity contribution is 9.10. The minimum atomic E-state index is -1.13. The van der Waals surface area contributed by atoms with Gasteiger partial charge in [-0.05, 0) is 17.7 Å². The van der Waals surface area contributed by atoms with Gasteiger partial charge in [-0.3, -0.25) is 9.69 Å². The van der Waals surface area contributed by atoms with Crippen LogP contribution >= 0.6 is 15.9 Å². The molecular weight excluding hydrogens is 286 g/mol. The van der Waals surface area contributed by atoms with Crippen LogP contribution in [0.1, 0.15) is 5.56 Å². The zero-order chi connectivity index (χ0) is 12.6. The van der Waals surface area contributed by atoms with E-state index in [0.717, 1.165) is 9.37 Å². The van der Waals surface area contributed by atoms with Crippen molar-refractivity contribution < 1.29 is 9.59 Å². The fourth-order valence-corrected chi connectivity index (χ4v) is 2.15. The predicted molar refractivity (Wildman–Crippen MR) is 66.2 cm³/mol. The molecule has 0 aliphatic carbocycles. The molecule has 6 heteroatoms. The second-order valence-electron chi connectivity index (χ2n) is 3.91. The van der Waals surface area contributed by atoms with Gasteiger partial charge in [-0.1, -0.05) is 28.1 Å². The first-order valence-corrected chi connectivity index (χ1v) is 5.87. The van der Waals surface area contributed by atoms with E-state index >= 15 is 0 Å². The maximum atomic E-state index is 12.1. The highest BCUT2D eigenvalue weighted by Gasteiger charge is 2.50. The van der Waals surface area contributed by atoms with Crippen LogP contribution in [0.25, 0.3) is 0 Å². The number of nitrogens with one attached hydrogen (secondary N) is 1. The summed E-state index contributed by atoms with van der Waals surface area (Å²) in [4.78, 5) is 24.7. The number of carbonyl (C=O) groups is 2. The van der Waals surface area contributed by atoms with Crippen molar-refractivity contribution in [2.24, 2.45) is 5.73 Å². The number of carbonyl (C=O) groups excluding carboxylic acids is 2. The topological polar surface area (TPSA) is 75.4 Å². The zero-order valence-electron chi connectivity index (χ0n) is 9.24. The number of nitrogens with zero attached hydrogens (tertiary/aromatic N) is 1. The molecule has 1 heterocycles. The maximum Gasteiger partial charge on any atom is 0.325 e. The molecule has 0 radical (unpaired) electrons. The van der Waals surface area contributed by atoms with E-state index in [0.29, 0.717) is 5.56 Å². The van der Waals surface area contributed by atoms with E-state index in [4.69, 9.17) is 5.73 Å². The zero-order valence-corrected chi connectivity index (χ0v) is 10.8. The lowest BCUT2D eigenvalue weighted by Crippen LogP contribution is -2.49. The van der Waals surface area contributed by atoms with Gasteiger partial charge in [0.1, 0.15) is 0 Å². The molecule has 0 aromatic heterocycles. The number of nitrogens with two attached hydrogens (primary N) is 1. The smallest absolute Gasteiger partial charge is 0.325 e. The molecule has 1 aromatic rings. The van der Waals surface area contributed by atoms with Crippen LogP contribution in [-0.4, -0.2) is 30.4 Å². The molecular formula is C11H12BrN3O2. The van der Waals surface area contributed by atoms with Crippen molar-refractivity contribution in [1.29, 1.82) is 0 Å². The first-order valence-electron chi connectivity index (χ1n) is 5.07. The number of halogens is 1. The average molecular weight is 298 g/mol. The van der Waals surface area contributed by atoms with Crippen molar-refractivity contribution in [1.82, 2.24) is 10.2 Å². The molecule has 90 valence electrons. The fourth-order valence-electron chi connectivity index (χ4n) is 1.88. The molecule has 1 aromatic carbocycles. The highest BCUT2D eigenvalue weighted by atomic mass is 79.9. The van der Waals surface area contributed by atoms with Gasteiger partial charge in [0.05, 0.1) is 0 Å². The number of hydrogen-bond acceptors (Lipinski definition) is 3. The number of benzene rings is 1. The number of hydrogen-bond donors (Lipinski definition) is 2. The third-order valence-corrected chi connectivity index (χ3v) is 3.47. The second-order valence-corrected chi connectivity index (χ2v) is 4.83. The molecule has 0 bridgehead atoms. The van der Waals surface area contributed by atoms with Gasteiger partial charge < -0.3 is 11.1 Å². The van der Waals surface area contributed by atoms with Gasteiger partial charge in [-0.2, -0.15) is 0 Å². The Morgan fingerprint density at radius 1 is 1.35 bits per heavy atom. The molecule has 1 aliphatic heterocycles. The third kappa shape index (κ3) is 1.73.